The molecule has 0 amide bonds. The van der Waals surface area contributed by atoms with Crippen LogP contribution in [0.2, 0.25) is 0 Å². The van der Waals surface area contributed by atoms with Crippen LogP contribution in [0.1, 0.15) is 143 Å². The fourth-order valence-electron chi connectivity index (χ4n) is 13.4. The lowest BCUT2D eigenvalue weighted by molar-refractivity contribution is -0.205. The molecule has 4 nitrogen and oxygen atoms in total. The third-order valence-corrected chi connectivity index (χ3v) is 17.1. The van der Waals surface area contributed by atoms with Crippen LogP contribution >= 0.6 is 0 Å². The van der Waals surface area contributed by atoms with Crippen LogP contribution in [0.5, 0.6) is 11.5 Å². The summed E-state index contributed by atoms with van der Waals surface area (Å²) in [4.78, 5) is 13.2. The molecule has 4 heteroatoms. The highest BCUT2D eigenvalue weighted by molar-refractivity contribution is 5.76. The summed E-state index contributed by atoms with van der Waals surface area (Å²) in [6.45, 7) is 26.1. The molecule has 3 fully saturated rings. The molecule has 49 heavy (non-hydrogen) atoms. The van der Waals surface area contributed by atoms with E-state index in [1.807, 2.05) is 0 Å². The zero-order chi connectivity index (χ0) is 35.1. The molecular weight excluding hydrogens is 604 g/mol. The van der Waals surface area contributed by atoms with Crippen LogP contribution in [0.25, 0.3) is 6.08 Å². The SMILES string of the molecule is C=C(C)C1CCC(C)C2=C(C1)[C@@]1(C)Oc3cc4c(c(C)c3O[C@H]1C2)C=CC1[C@@]4(C)CC[C@@]2(C)C3C[C@](C)(C(=O)OC)CC[C@]3(C)CC[C@]12C. The summed E-state index contributed by atoms with van der Waals surface area (Å²) in [6, 6.07) is 2.42. The van der Waals surface area contributed by atoms with Crippen LogP contribution in [0.15, 0.2) is 35.4 Å². The first-order valence-corrected chi connectivity index (χ1v) is 19.6. The lowest BCUT2D eigenvalue weighted by Crippen LogP contribution is -2.65. The maximum Gasteiger partial charge on any atom is 0.311 e. The number of hydrogen-bond donors (Lipinski definition) is 0. The van der Waals surface area contributed by atoms with Gasteiger partial charge in [0, 0.05) is 17.4 Å². The highest BCUT2D eigenvalue weighted by atomic mass is 16.6. The van der Waals surface area contributed by atoms with Crippen LogP contribution in [0.3, 0.4) is 0 Å². The second-order valence-electron chi connectivity index (χ2n) is 19.6. The molecule has 0 bridgehead atoms. The Bertz CT molecular complexity index is 1700. The highest BCUT2D eigenvalue weighted by Crippen LogP contribution is 2.75. The van der Waals surface area contributed by atoms with Gasteiger partial charge in [0.05, 0.1) is 12.5 Å². The number of fused-ring (bicyclic) bond motifs is 10. The van der Waals surface area contributed by atoms with Gasteiger partial charge in [0.2, 0.25) is 0 Å². The molecule has 0 radical (unpaired) electrons. The third kappa shape index (κ3) is 4.30. The summed E-state index contributed by atoms with van der Waals surface area (Å²) in [5.74, 6) is 3.84. The van der Waals surface area contributed by atoms with Crippen molar-refractivity contribution in [3.05, 3.63) is 52.1 Å². The predicted octanol–water partition coefficient (Wildman–Crippen LogP) is 11.1. The first-order valence-electron chi connectivity index (χ1n) is 19.6. The van der Waals surface area contributed by atoms with Crippen molar-refractivity contribution >= 4 is 12.0 Å². The summed E-state index contributed by atoms with van der Waals surface area (Å²) < 4.78 is 19.8. The van der Waals surface area contributed by atoms with E-state index in [0.29, 0.717) is 23.7 Å². The van der Waals surface area contributed by atoms with E-state index in [2.05, 4.69) is 87.1 Å². The van der Waals surface area contributed by atoms with Gasteiger partial charge in [0.25, 0.3) is 0 Å². The number of hydrogen-bond acceptors (Lipinski definition) is 4. The minimum Gasteiger partial charge on any atom is -0.481 e. The highest BCUT2D eigenvalue weighted by Gasteiger charge is 2.68. The van der Waals surface area contributed by atoms with E-state index in [1.54, 1.807) is 12.7 Å². The quantitative estimate of drug-likeness (QED) is 0.233. The van der Waals surface area contributed by atoms with E-state index in [9.17, 15) is 4.79 Å². The average molecular weight is 667 g/mol. The second-order valence-corrected chi connectivity index (χ2v) is 19.6. The maximum atomic E-state index is 13.2. The zero-order valence-corrected chi connectivity index (χ0v) is 32.2. The topological polar surface area (TPSA) is 44.8 Å². The van der Waals surface area contributed by atoms with Crippen LogP contribution in [-0.4, -0.2) is 24.8 Å². The summed E-state index contributed by atoms with van der Waals surface area (Å²) >= 11 is 0. The van der Waals surface area contributed by atoms with Crippen molar-refractivity contribution in [2.24, 2.45) is 45.3 Å². The number of methoxy groups -OCH3 is 1. The summed E-state index contributed by atoms with van der Waals surface area (Å²) in [7, 11) is 1.57. The second kappa shape index (κ2) is 10.5. The smallest absolute Gasteiger partial charge is 0.311 e. The predicted molar refractivity (Wildman–Crippen MR) is 198 cm³/mol. The van der Waals surface area contributed by atoms with Crippen molar-refractivity contribution in [1.29, 1.82) is 0 Å². The molecular formula is C45H62O4. The van der Waals surface area contributed by atoms with Crippen LogP contribution in [-0.2, 0) is 14.9 Å². The minimum absolute atomic E-state index is 0.00467. The Hall–Kier alpha value is -2.49. The van der Waals surface area contributed by atoms with Gasteiger partial charge in [-0.3, -0.25) is 4.79 Å². The number of carbonyl (C=O) groups excluding carboxylic acids is 1. The minimum atomic E-state index is -0.446. The molecule has 7 aliphatic rings. The van der Waals surface area contributed by atoms with Crippen LogP contribution < -0.4 is 9.47 Å². The molecule has 1 heterocycles. The Kier molecular flexibility index (Phi) is 7.23. The van der Waals surface area contributed by atoms with Gasteiger partial charge in [-0.05, 0) is 155 Å². The lowest BCUT2D eigenvalue weighted by atomic mass is 9.33. The van der Waals surface area contributed by atoms with E-state index in [1.165, 1.54) is 59.9 Å². The standard InChI is InChI=1S/C45H62O4/c1-26(2)29-13-12-27(3)31-23-37-45(10,33(31)22-29)49-34-24-32-30(28(4)38(34)48-37)14-15-35-42(32,7)19-21-44(9)36-25-41(6,39(46)47-11)17-16-40(36,5)18-20-43(35,44)8/h14-15,24,27,29,35-37H,1,12-13,16-23,25H2,2-11H3/t27?,29?,35?,36?,37-,40+,41+,42-,43+,44-,45+/m0/s1. The fraction of sp³-hybridized carbons (Fsp3) is 0.711. The monoisotopic (exact) mass is 666 g/mol. The number of ether oxygens (including phenoxy) is 3. The van der Waals surface area contributed by atoms with Gasteiger partial charge in [-0.15, -0.1) is 0 Å². The molecule has 3 saturated carbocycles. The summed E-state index contributed by atoms with van der Waals surface area (Å²) in [5, 5.41) is 0. The summed E-state index contributed by atoms with van der Waals surface area (Å²) in [6.07, 6.45) is 17.2. The van der Waals surface area contributed by atoms with Gasteiger partial charge in [0.1, 0.15) is 6.10 Å². The van der Waals surface area contributed by atoms with Gasteiger partial charge < -0.3 is 14.2 Å². The summed E-state index contributed by atoms with van der Waals surface area (Å²) in [5.41, 5.74) is 8.05. The fourth-order valence-corrected chi connectivity index (χ4v) is 13.4. The van der Waals surface area contributed by atoms with E-state index < -0.39 is 11.0 Å². The van der Waals surface area contributed by atoms with Crippen molar-refractivity contribution in [1.82, 2.24) is 0 Å². The van der Waals surface area contributed by atoms with Gasteiger partial charge in [0.15, 0.2) is 17.1 Å². The van der Waals surface area contributed by atoms with Crippen molar-refractivity contribution in [3.8, 4) is 11.5 Å². The molecule has 0 spiro atoms. The zero-order valence-electron chi connectivity index (χ0n) is 32.2. The Morgan fingerprint density at radius 2 is 1.67 bits per heavy atom. The molecule has 266 valence electrons. The lowest BCUT2D eigenvalue weighted by Gasteiger charge is -2.71. The maximum absolute atomic E-state index is 13.2. The molecule has 1 aromatic rings. The van der Waals surface area contributed by atoms with Crippen molar-refractivity contribution in [2.45, 2.75) is 150 Å². The van der Waals surface area contributed by atoms with Crippen molar-refractivity contribution < 1.29 is 19.0 Å². The van der Waals surface area contributed by atoms with Crippen LogP contribution in [0.4, 0.5) is 0 Å². The van der Waals surface area contributed by atoms with Crippen molar-refractivity contribution in [3.63, 3.8) is 0 Å². The normalized spacial score (nSPS) is 46.3. The first-order chi connectivity index (χ1) is 22.9. The van der Waals surface area contributed by atoms with E-state index in [4.69, 9.17) is 14.2 Å². The molecule has 0 aromatic heterocycles. The molecule has 6 aliphatic carbocycles. The Labute approximate surface area is 296 Å². The van der Waals surface area contributed by atoms with Crippen LogP contribution in [0, 0.1) is 52.3 Å². The number of benzene rings is 1. The van der Waals surface area contributed by atoms with E-state index in [-0.39, 0.29) is 33.7 Å². The van der Waals surface area contributed by atoms with Crippen molar-refractivity contribution in [2.75, 3.05) is 7.11 Å². The molecule has 1 aliphatic heterocycles. The largest absolute Gasteiger partial charge is 0.481 e. The Morgan fingerprint density at radius 3 is 2.39 bits per heavy atom. The molecule has 0 saturated heterocycles. The number of carbonyl (C=O) groups is 1. The molecule has 8 rings (SSSR count). The molecule has 1 aromatic carbocycles. The molecule has 0 N–H and O–H groups in total. The number of esters is 1. The molecule has 4 unspecified atom stereocenters. The van der Waals surface area contributed by atoms with Gasteiger partial charge >= 0.3 is 5.97 Å². The van der Waals surface area contributed by atoms with Gasteiger partial charge in [-0.25, -0.2) is 0 Å². The number of rotatable bonds is 2. The van der Waals surface area contributed by atoms with E-state index >= 15 is 0 Å². The first kappa shape index (κ1) is 33.6. The Morgan fingerprint density at radius 1 is 0.959 bits per heavy atom. The van der Waals surface area contributed by atoms with E-state index in [0.717, 1.165) is 50.0 Å². The third-order valence-electron chi connectivity index (χ3n) is 17.1. The average Bonchev–Trinajstić information content (AvgIpc) is 3.22. The van der Waals surface area contributed by atoms with Gasteiger partial charge in [-0.1, -0.05) is 64.5 Å². The molecule has 11 atom stereocenters. The number of allylic oxidation sites excluding steroid dienone is 2. The van der Waals surface area contributed by atoms with Gasteiger partial charge in [-0.2, -0.15) is 0 Å². The Balaban J connectivity index is 1.17.